The maximum absolute atomic E-state index is 13.9. The van der Waals surface area contributed by atoms with Gasteiger partial charge in [-0.15, -0.1) is 0 Å². The molecule has 0 radical (unpaired) electrons. The van der Waals surface area contributed by atoms with Crippen molar-refractivity contribution in [3.8, 4) is 17.4 Å². The zero-order valence-electron chi connectivity index (χ0n) is 79.7. The van der Waals surface area contributed by atoms with E-state index in [1.165, 1.54) is 133 Å². The van der Waals surface area contributed by atoms with Crippen LogP contribution in [0, 0.1) is 156 Å². The third-order valence-corrected chi connectivity index (χ3v) is 22.8. The number of aryl methyl sites for hydroxylation is 10. The Kier molecular flexibility index (Phi) is 33.7. The topological polar surface area (TPSA) is 301 Å². The third kappa shape index (κ3) is 26.2. The van der Waals surface area contributed by atoms with Crippen LogP contribution in [0.3, 0.4) is 0 Å². The van der Waals surface area contributed by atoms with Crippen LogP contribution in [-0.2, 0) is 57.1 Å². The van der Waals surface area contributed by atoms with Crippen molar-refractivity contribution in [2.75, 3.05) is 40.8 Å². The van der Waals surface area contributed by atoms with E-state index in [0.717, 1.165) is 83.1 Å². The first-order valence-corrected chi connectivity index (χ1v) is 44.3. The van der Waals surface area contributed by atoms with Gasteiger partial charge in [0, 0.05) is 83.4 Å². The van der Waals surface area contributed by atoms with Gasteiger partial charge >= 0.3 is 34.4 Å². The minimum atomic E-state index is -3.05. The van der Waals surface area contributed by atoms with Crippen molar-refractivity contribution in [3.05, 3.63) is 409 Å². The first-order chi connectivity index (χ1) is 69.2. The van der Waals surface area contributed by atoms with Crippen LogP contribution in [0.2, 0.25) is 0 Å². The standard InChI is InChI=1S/C22H18F3N3O2.C21H18F3N3O2.C20H17F5N4O2.2C20H18F3N3O2/c1-12-8-13(9-16(23)20(12)25)10-28-11-17(24)21(30)27-22(28)26-18-6-2-5-15-14(18)4-3-7-19(15)29;1-11-4-14-9-29-10-15(14)6-18(11)25-21-26-20(28)17(23)8-27(21)7-13-3-12(2)19(24)16(22)5-13;1-9-4-12(6-13(21)16(9)23)7-29-8-14(22)17(30)28-20(29)27-15-5-10(2)18(26-11(15)3)31-19(24)25;1-11-4-13(7-14(21)5-11)9-26-10-16(23)19(27)25-20(26)24-17-8-18(28-3)15(22)6-12(17)2;1-11-4-5-14(28-3)8-17(11)24-20-25-19(27)16(22)10-26(20)9-13-6-12(2)18(23)15(21)7-13/h2,5-6,8-9,11H,3-4,7,10H2,1H3,(H,26,27,30);3-6,8H,7,9-10H2,1-2H3,(H,25,26,28);4-6,8,19H,7H2,1-3H3,(H,27,28,30);2*4-8,10H,9H2,1-3H3,(H,24,25,27). The molecule has 0 bridgehead atoms. The predicted molar refractivity (Wildman–Crippen MR) is 509 cm³/mol. The zero-order valence-corrected chi connectivity index (χ0v) is 79.7. The highest BCUT2D eigenvalue weighted by Crippen LogP contribution is 2.36. The molecule has 26 nitrogen and oxygen atoms in total. The number of methoxy groups -OCH3 is 2. The van der Waals surface area contributed by atoms with E-state index in [0.29, 0.717) is 111 Å². The summed E-state index contributed by atoms with van der Waals surface area (Å²) in [6.07, 6.45) is 6.68. The van der Waals surface area contributed by atoms with Gasteiger partial charge in [0.25, 0.3) is 0 Å². The molecule has 1 aliphatic carbocycles. The van der Waals surface area contributed by atoms with Crippen molar-refractivity contribution in [2.24, 2.45) is 0 Å². The fourth-order valence-corrected chi connectivity index (χ4v) is 15.6. The minimum Gasteiger partial charge on any atom is -0.497 e. The monoisotopic (exact) mass is 2030 g/mol. The van der Waals surface area contributed by atoms with Crippen LogP contribution in [0.15, 0.2) is 188 Å². The summed E-state index contributed by atoms with van der Waals surface area (Å²) in [6.45, 7) is 13.7. The molecule has 0 unspecified atom stereocenters. The van der Waals surface area contributed by atoms with Gasteiger partial charge < -0.3 is 68.4 Å². The molecular weight excluding hydrogens is 1940 g/mol. The number of aromatic nitrogens is 11. The number of carbonyl (C=O) groups is 1. The summed E-state index contributed by atoms with van der Waals surface area (Å²) in [7, 11) is 2.85. The van der Waals surface area contributed by atoms with E-state index in [4.69, 9.17) is 14.2 Å². The number of benzene rings is 9. The van der Waals surface area contributed by atoms with Gasteiger partial charge in [-0.3, -0.25) is 28.8 Å². The summed E-state index contributed by atoms with van der Waals surface area (Å²) in [5.41, 5.74) is 6.90. The molecule has 0 fully saturated rings. The molecule has 0 amide bonds. The summed E-state index contributed by atoms with van der Waals surface area (Å²) in [5, 5.41) is 14.8. The fraction of sp³-hybridized carbons (Fsp3) is 0.223. The van der Waals surface area contributed by atoms with Gasteiger partial charge in [-0.25, -0.2) is 48.9 Å². The van der Waals surface area contributed by atoms with Gasteiger partial charge in [0.05, 0.1) is 71.5 Å². The highest BCUT2D eigenvalue weighted by molar-refractivity contribution is 6.00. The number of nitrogens with one attached hydrogen (secondary N) is 5. The molecular formula is C103H89F17N16O10. The van der Waals surface area contributed by atoms with E-state index in [-0.39, 0.29) is 113 Å². The second-order valence-corrected chi connectivity index (χ2v) is 34.0. The van der Waals surface area contributed by atoms with Crippen molar-refractivity contribution in [1.82, 2.24) is 52.7 Å². The predicted octanol–water partition coefficient (Wildman–Crippen LogP) is 20.9. The number of alkyl halides is 2. The Bertz CT molecular complexity index is 7790. The van der Waals surface area contributed by atoms with Gasteiger partial charge in [-0.1, -0.05) is 54.6 Å². The molecule has 2 aliphatic rings. The van der Waals surface area contributed by atoms with E-state index in [2.05, 4.69) is 61.2 Å². The minimum absolute atomic E-state index is 0.00231. The second kappa shape index (κ2) is 46.2. The molecule has 6 aromatic heterocycles. The molecule has 760 valence electrons. The highest BCUT2D eigenvalue weighted by atomic mass is 19.3. The molecule has 5 N–H and O–H groups in total. The van der Waals surface area contributed by atoms with Crippen LogP contribution >= 0.6 is 0 Å². The summed E-state index contributed by atoms with van der Waals surface area (Å²) >= 11 is 0. The van der Waals surface area contributed by atoms with Gasteiger partial charge in [0.2, 0.25) is 64.7 Å². The Balaban J connectivity index is 0.000000153. The Labute approximate surface area is 819 Å². The number of ether oxygens (including phenoxy) is 4. The van der Waals surface area contributed by atoms with Crippen LogP contribution in [0.5, 0.6) is 17.4 Å². The maximum atomic E-state index is 13.9. The van der Waals surface area contributed by atoms with Crippen molar-refractivity contribution >= 4 is 64.0 Å². The average Bonchev–Trinajstić information content (AvgIpc) is 1.17. The number of ketones is 1. The molecule has 43 heteroatoms. The third-order valence-electron chi connectivity index (χ3n) is 22.8. The lowest BCUT2D eigenvalue weighted by Gasteiger charge is -2.20. The Morgan fingerprint density at radius 3 is 1.11 bits per heavy atom. The number of hydrogen-bond donors (Lipinski definition) is 5. The van der Waals surface area contributed by atoms with E-state index in [1.54, 1.807) is 50.2 Å². The normalized spacial score (nSPS) is 11.8. The molecule has 1 aliphatic heterocycles. The van der Waals surface area contributed by atoms with Gasteiger partial charge in [0.15, 0.2) is 63.9 Å². The first kappa shape index (κ1) is 107. The average molecular weight is 2030 g/mol. The molecule has 146 heavy (non-hydrogen) atoms. The quantitative estimate of drug-likeness (QED) is 0.0351. The fourth-order valence-electron chi connectivity index (χ4n) is 15.6. The van der Waals surface area contributed by atoms with Crippen molar-refractivity contribution in [1.29, 1.82) is 0 Å². The maximum Gasteiger partial charge on any atom is 0.388 e. The van der Waals surface area contributed by atoms with Crippen LogP contribution in [-0.4, -0.2) is 79.4 Å². The largest absolute Gasteiger partial charge is 0.497 e. The van der Waals surface area contributed by atoms with Crippen molar-refractivity contribution < 1.29 is 98.4 Å². The molecule has 17 rings (SSSR count). The van der Waals surface area contributed by atoms with Crippen LogP contribution in [0.4, 0.5) is 133 Å². The summed E-state index contributed by atoms with van der Waals surface area (Å²) in [6, 6.07) is 32.7. The number of rotatable bonds is 24. The highest BCUT2D eigenvalue weighted by Gasteiger charge is 2.26. The van der Waals surface area contributed by atoms with Crippen molar-refractivity contribution in [3.63, 3.8) is 0 Å². The molecule has 7 heterocycles. The van der Waals surface area contributed by atoms with Crippen LogP contribution in [0.25, 0.3) is 0 Å². The van der Waals surface area contributed by atoms with E-state index >= 15 is 0 Å². The lowest BCUT2D eigenvalue weighted by Crippen LogP contribution is -2.21. The summed E-state index contributed by atoms with van der Waals surface area (Å²) in [4.78, 5) is 93.6. The smallest absolute Gasteiger partial charge is 0.388 e. The molecule has 0 atom stereocenters. The number of carbonyl (C=O) groups excluding carboxylic acids is 1. The number of anilines is 10. The first-order valence-electron chi connectivity index (χ1n) is 44.3. The number of pyridine rings is 1. The van der Waals surface area contributed by atoms with Crippen molar-refractivity contribution in [2.45, 2.75) is 141 Å². The number of Topliss-reactive ketones (excluding diaryl/α,β-unsaturated/α-hetero) is 1. The Morgan fingerprint density at radius 2 is 0.719 bits per heavy atom. The number of fused-ring (bicyclic) bond motifs is 2. The lowest BCUT2D eigenvalue weighted by atomic mass is 9.89. The Morgan fingerprint density at radius 1 is 0.342 bits per heavy atom. The van der Waals surface area contributed by atoms with Gasteiger partial charge in [-0.05, 0) is 238 Å². The zero-order chi connectivity index (χ0) is 106. The SMILES string of the molecule is COc1cc(Nc2nc(=O)c(F)cn2Cc2cc(C)cc(F)c2)c(C)cc1F.COc1ccc(C)c(Nc2nc(=O)c(F)cn2Cc2cc(C)c(F)c(F)c2)c1.Cc1cc(Cn2cc(F)c(=O)nc2Nc2cccc3c2CCCC3=O)cc(F)c1F.Cc1cc(Nc2nc(=O)c(F)cn2Cc2cc(C)c(F)c(F)c2)c(C)nc1OC(F)F.Cc1cc2c(cc1Nc1nc(=O)c(F)cn1Cc1cc(C)c(F)c(F)c1)COC2. The van der Waals surface area contributed by atoms with Crippen LogP contribution in [0.1, 0.15) is 123 Å². The lowest BCUT2D eigenvalue weighted by molar-refractivity contribution is -0.0534. The molecule has 0 spiro atoms. The van der Waals surface area contributed by atoms with E-state index < -0.39 is 122 Å². The summed E-state index contributed by atoms with van der Waals surface area (Å²) < 4.78 is 258. The molecule has 15 aromatic rings. The Hall–Kier alpha value is -16.6. The summed E-state index contributed by atoms with van der Waals surface area (Å²) in [5.74, 6) is -13.6. The van der Waals surface area contributed by atoms with E-state index in [1.807, 2.05) is 32.0 Å². The van der Waals surface area contributed by atoms with Crippen LogP contribution < -0.4 is 68.6 Å². The number of halogens is 17. The van der Waals surface area contributed by atoms with Gasteiger partial charge in [0.1, 0.15) is 11.6 Å². The number of hydrogen-bond acceptors (Lipinski definition) is 21. The van der Waals surface area contributed by atoms with Gasteiger partial charge in [-0.2, -0.15) is 55.7 Å². The second-order valence-electron chi connectivity index (χ2n) is 34.0. The van der Waals surface area contributed by atoms with E-state index in [9.17, 15) is 103 Å². The number of nitrogens with zero attached hydrogens (tertiary/aromatic N) is 11. The molecule has 9 aromatic carbocycles. The molecule has 0 saturated carbocycles. The molecule has 0 saturated heterocycles.